The number of hydrogen-bond acceptors (Lipinski definition) is 6. The van der Waals surface area contributed by atoms with E-state index in [1.54, 1.807) is 13.8 Å². The fourth-order valence-electron chi connectivity index (χ4n) is 1.92. The number of carbonyl (C=O) groups is 1. The zero-order valence-electron chi connectivity index (χ0n) is 13.4. The number of phenolic OH excluding ortho intramolecular Hbond substituents is 1. The van der Waals surface area contributed by atoms with E-state index in [0.29, 0.717) is 5.69 Å². The highest BCUT2D eigenvalue weighted by atomic mass is 35.5. The van der Waals surface area contributed by atoms with Crippen molar-refractivity contribution >= 4 is 39.0 Å². The maximum atomic E-state index is 12.5. The molecule has 0 aliphatic carbocycles. The van der Waals surface area contributed by atoms with Gasteiger partial charge in [-0.25, -0.2) is 17.9 Å². The molecular weight excluding hydrogens is 368 g/mol. The number of benzene rings is 1. The SMILES string of the molecule is CC(C)NC(=O)NS(=O)(=O)c1cnccc1Nc1cc(O)ccc1Cl. The van der Waals surface area contributed by atoms with E-state index in [4.69, 9.17) is 11.6 Å². The monoisotopic (exact) mass is 384 g/mol. The van der Waals surface area contributed by atoms with Crippen molar-refractivity contribution < 1.29 is 18.3 Å². The number of pyridine rings is 1. The number of rotatable bonds is 5. The molecule has 4 N–H and O–H groups in total. The number of urea groups is 1. The maximum Gasteiger partial charge on any atom is 0.328 e. The first-order valence-electron chi connectivity index (χ1n) is 7.22. The van der Waals surface area contributed by atoms with Crippen LogP contribution in [0.25, 0.3) is 0 Å². The van der Waals surface area contributed by atoms with E-state index in [-0.39, 0.29) is 27.4 Å². The molecule has 0 saturated heterocycles. The van der Waals surface area contributed by atoms with Gasteiger partial charge in [0.2, 0.25) is 0 Å². The Kier molecular flexibility index (Phi) is 5.70. The van der Waals surface area contributed by atoms with Gasteiger partial charge in [-0.2, -0.15) is 0 Å². The van der Waals surface area contributed by atoms with Crippen LogP contribution in [0, 0.1) is 0 Å². The molecule has 10 heteroatoms. The predicted molar refractivity (Wildman–Crippen MR) is 94.6 cm³/mol. The third-order valence-corrected chi connectivity index (χ3v) is 4.63. The molecule has 2 amide bonds. The van der Waals surface area contributed by atoms with Crippen LogP contribution in [0.2, 0.25) is 5.02 Å². The molecule has 8 nitrogen and oxygen atoms in total. The summed E-state index contributed by atoms with van der Waals surface area (Å²) in [6, 6.07) is 4.54. The van der Waals surface area contributed by atoms with Crippen molar-refractivity contribution in [1.29, 1.82) is 0 Å². The second kappa shape index (κ2) is 7.58. The maximum absolute atomic E-state index is 12.5. The molecule has 0 aliphatic rings. The first-order chi connectivity index (χ1) is 11.7. The molecule has 1 aromatic carbocycles. The predicted octanol–water partition coefficient (Wildman–Crippen LogP) is 2.58. The van der Waals surface area contributed by atoms with Gasteiger partial charge in [-0.15, -0.1) is 0 Å². The largest absolute Gasteiger partial charge is 0.508 e. The number of nitrogens with zero attached hydrogens (tertiary/aromatic N) is 1. The molecule has 2 rings (SSSR count). The van der Waals surface area contributed by atoms with Crippen LogP contribution in [0.1, 0.15) is 13.8 Å². The van der Waals surface area contributed by atoms with Gasteiger partial charge in [0.05, 0.1) is 16.4 Å². The Morgan fingerprint density at radius 2 is 1.96 bits per heavy atom. The molecule has 2 aromatic rings. The minimum Gasteiger partial charge on any atom is -0.508 e. The van der Waals surface area contributed by atoms with E-state index < -0.39 is 16.1 Å². The number of carbonyl (C=O) groups excluding carboxylic acids is 1. The highest BCUT2D eigenvalue weighted by molar-refractivity contribution is 7.90. The zero-order valence-corrected chi connectivity index (χ0v) is 15.0. The van der Waals surface area contributed by atoms with E-state index in [2.05, 4.69) is 15.6 Å². The van der Waals surface area contributed by atoms with Crippen molar-refractivity contribution in [3.05, 3.63) is 41.7 Å². The summed E-state index contributed by atoms with van der Waals surface area (Å²) in [5, 5.41) is 15.1. The number of phenols is 1. The lowest BCUT2D eigenvalue weighted by atomic mass is 10.3. The lowest BCUT2D eigenvalue weighted by Gasteiger charge is -2.15. The molecule has 1 aromatic heterocycles. The van der Waals surface area contributed by atoms with Crippen molar-refractivity contribution in [3.63, 3.8) is 0 Å². The Balaban J connectivity index is 2.34. The van der Waals surface area contributed by atoms with Gasteiger partial charge in [0.15, 0.2) is 0 Å². The van der Waals surface area contributed by atoms with Gasteiger partial charge < -0.3 is 15.7 Å². The van der Waals surface area contributed by atoms with Crippen LogP contribution in [0.3, 0.4) is 0 Å². The Morgan fingerprint density at radius 3 is 2.64 bits per heavy atom. The number of aromatic nitrogens is 1. The highest BCUT2D eigenvalue weighted by Gasteiger charge is 2.22. The topological polar surface area (TPSA) is 120 Å². The molecule has 0 aliphatic heterocycles. The van der Waals surface area contributed by atoms with Gasteiger partial charge in [-0.05, 0) is 32.0 Å². The standard InChI is InChI=1S/C15H17ClN4O4S/c1-9(2)18-15(22)20-25(23,24)14-8-17-6-5-12(14)19-13-7-10(21)3-4-11(13)16/h3-9,21H,1-2H3,(H,17,19)(H2,18,20,22). The summed E-state index contributed by atoms with van der Waals surface area (Å²) in [5.74, 6) is -0.0419. The molecule has 25 heavy (non-hydrogen) atoms. The number of nitrogens with one attached hydrogen (secondary N) is 3. The van der Waals surface area contributed by atoms with Crippen LogP contribution in [0.4, 0.5) is 16.2 Å². The summed E-state index contributed by atoms with van der Waals surface area (Å²) in [6.45, 7) is 3.40. The highest BCUT2D eigenvalue weighted by Crippen LogP contribution is 2.31. The fraction of sp³-hybridized carbons (Fsp3) is 0.200. The average Bonchev–Trinajstić information content (AvgIpc) is 2.50. The number of anilines is 2. The molecule has 0 unspecified atom stereocenters. The molecule has 0 radical (unpaired) electrons. The molecule has 0 saturated carbocycles. The van der Waals surface area contributed by atoms with Gasteiger partial charge in [-0.3, -0.25) is 4.98 Å². The summed E-state index contributed by atoms with van der Waals surface area (Å²) >= 11 is 6.04. The first-order valence-corrected chi connectivity index (χ1v) is 9.08. The van der Waals surface area contributed by atoms with Crippen LogP contribution >= 0.6 is 11.6 Å². The Hall–Kier alpha value is -2.52. The number of aromatic hydroxyl groups is 1. The smallest absolute Gasteiger partial charge is 0.328 e. The quantitative estimate of drug-likeness (QED) is 0.628. The van der Waals surface area contributed by atoms with Gasteiger partial charge in [0, 0.05) is 24.5 Å². The Bertz CT molecular complexity index is 887. The summed E-state index contributed by atoms with van der Waals surface area (Å²) in [4.78, 5) is 15.3. The summed E-state index contributed by atoms with van der Waals surface area (Å²) in [6.07, 6.45) is 2.48. The Labute approximate surface area is 150 Å². The van der Waals surface area contributed by atoms with E-state index in [9.17, 15) is 18.3 Å². The van der Waals surface area contributed by atoms with Crippen LogP contribution < -0.4 is 15.4 Å². The second-order valence-corrected chi connectivity index (χ2v) is 7.45. The van der Waals surface area contributed by atoms with Crippen molar-refractivity contribution in [2.45, 2.75) is 24.8 Å². The van der Waals surface area contributed by atoms with Gasteiger partial charge in [0.25, 0.3) is 10.0 Å². The molecule has 134 valence electrons. The van der Waals surface area contributed by atoms with Crippen molar-refractivity contribution in [3.8, 4) is 5.75 Å². The minimum absolute atomic E-state index is 0.0419. The number of sulfonamides is 1. The molecule has 0 spiro atoms. The van der Waals surface area contributed by atoms with Gasteiger partial charge >= 0.3 is 6.03 Å². The summed E-state index contributed by atoms with van der Waals surface area (Å²) < 4.78 is 26.8. The third kappa shape index (κ3) is 4.97. The number of hydrogen-bond donors (Lipinski definition) is 4. The fourth-order valence-corrected chi connectivity index (χ4v) is 3.11. The summed E-state index contributed by atoms with van der Waals surface area (Å²) in [7, 11) is -4.17. The molecular formula is C15H17ClN4O4S. The zero-order chi connectivity index (χ0) is 18.6. The second-order valence-electron chi connectivity index (χ2n) is 5.39. The van der Waals surface area contributed by atoms with Crippen molar-refractivity contribution in [2.75, 3.05) is 5.32 Å². The van der Waals surface area contributed by atoms with Crippen molar-refractivity contribution in [1.82, 2.24) is 15.0 Å². The van der Waals surface area contributed by atoms with E-state index >= 15 is 0 Å². The average molecular weight is 385 g/mol. The van der Waals surface area contributed by atoms with Crippen LogP contribution in [-0.4, -0.2) is 30.6 Å². The van der Waals surface area contributed by atoms with Crippen LogP contribution in [0.5, 0.6) is 5.75 Å². The molecule has 1 heterocycles. The number of amides is 2. The molecule has 0 bridgehead atoms. The Morgan fingerprint density at radius 1 is 1.24 bits per heavy atom. The minimum atomic E-state index is -4.17. The molecule has 0 fully saturated rings. The lowest BCUT2D eigenvalue weighted by molar-refractivity contribution is 0.243. The van der Waals surface area contributed by atoms with E-state index in [1.807, 2.05) is 4.72 Å². The number of halogens is 1. The lowest BCUT2D eigenvalue weighted by Crippen LogP contribution is -2.42. The molecule has 0 atom stereocenters. The van der Waals surface area contributed by atoms with Gasteiger partial charge in [-0.1, -0.05) is 11.6 Å². The normalized spacial score (nSPS) is 11.2. The van der Waals surface area contributed by atoms with E-state index in [0.717, 1.165) is 6.20 Å². The summed E-state index contributed by atoms with van der Waals surface area (Å²) in [5.41, 5.74) is 0.447. The van der Waals surface area contributed by atoms with Crippen LogP contribution in [-0.2, 0) is 10.0 Å². The first kappa shape index (κ1) is 18.8. The van der Waals surface area contributed by atoms with Crippen LogP contribution in [0.15, 0.2) is 41.6 Å². The third-order valence-electron chi connectivity index (χ3n) is 2.94. The van der Waals surface area contributed by atoms with Gasteiger partial charge in [0.1, 0.15) is 10.6 Å². The van der Waals surface area contributed by atoms with E-state index in [1.165, 1.54) is 30.5 Å². The van der Waals surface area contributed by atoms with Crippen molar-refractivity contribution in [2.24, 2.45) is 0 Å².